The molecule has 6 heteroatoms. The van der Waals surface area contributed by atoms with Gasteiger partial charge in [-0.15, -0.1) is 0 Å². The van der Waals surface area contributed by atoms with Gasteiger partial charge in [-0.25, -0.2) is 0 Å². The number of aliphatic carboxylic acids is 1. The minimum absolute atomic E-state index is 0.0197. The first kappa shape index (κ1) is 15.3. The van der Waals surface area contributed by atoms with Gasteiger partial charge in [0.05, 0.1) is 12.0 Å². The summed E-state index contributed by atoms with van der Waals surface area (Å²) < 4.78 is 38.8. The van der Waals surface area contributed by atoms with Crippen molar-refractivity contribution in [1.82, 2.24) is 0 Å². The maximum absolute atomic E-state index is 12.9. The number of halogens is 3. The van der Waals surface area contributed by atoms with Crippen molar-refractivity contribution in [1.29, 1.82) is 0 Å². The molecular weight excluding hydrogens is 259 g/mol. The van der Waals surface area contributed by atoms with Crippen LogP contribution in [0.15, 0.2) is 24.3 Å². The number of nitrogens with zero attached hydrogens (tertiary/aromatic N) is 1. The number of carboxylic acid groups (broad SMARTS) is 1. The summed E-state index contributed by atoms with van der Waals surface area (Å²) in [5.74, 6) is -1.03. The first-order valence-corrected chi connectivity index (χ1v) is 5.92. The first-order valence-electron chi connectivity index (χ1n) is 5.92. The van der Waals surface area contributed by atoms with Crippen molar-refractivity contribution >= 4 is 11.7 Å². The van der Waals surface area contributed by atoms with E-state index in [-0.39, 0.29) is 12.1 Å². The summed E-state index contributed by atoms with van der Waals surface area (Å²) in [6.07, 6.45) is -4.66. The Morgan fingerprint density at radius 3 is 2.42 bits per heavy atom. The van der Waals surface area contributed by atoms with Gasteiger partial charge in [-0.05, 0) is 26.0 Å². The Morgan fingerprint density at radius 2 is 1.95 bits per heavy atom. The van der Waals surface area contributed by atoms with Gasteiger partial charge < -0.3 is 10.0 Å². The normalized spacial score (nSPS) is 13.1. The number of alkyl halides is 3. The van der Waals surface area contributed by atoms with Crippen LogP contribution in [0.1, 0.15) is 25.8 Å². The zero-order valence-corrected chi connectivity index (χ0v) is 10.7. The van der Waals surface area contributed by atoms with Gasteiger partial charge >= 0.3 is 12.1 Å². The molecule has 1 rings (SSSR count). The highest BCUT2D eigenvalue weighted by Crippen LogP contribution is 2.37. The van der Waals surface area contributed by atoms with Crippen molar-refractivity contribution in [2.24, 2.45) is 0 Å². The van der Waals surface area contributed by atoms with Crippen LogP contribution in [-0.4, -0.2) is 23.7 Å². The lowest BCUT2D eigenvalue weighted by atomic mass is 10.1. The summed E-state index contributed by atoms with van der Waals surface area (Å²) in [4.78, 5) is 12.1. The predicted molar refractivity (Wildman–Crippen MR) is 66.2 cm³/mol. The number of para-hydroxylation sites is 1. The topological polar surface area (TPSA) is 40.5 Å². The molecule has 0 fully saturated rings. The van der Waals surface area contributed by atoms with Crippen molar-refractivity contribution in [3.05, 3.63) is 29.8 Å². The van der Waals surface area contributed by atoms with E-state index in [0.29, 0.717) is 6.54 Å². The number of carboxylic acids is 1. The number of hydrogen-bond acceptors (Lipinski definition) is 2. The van der Waals surface area contributed by atoms with E-state index >= 15 is 0 Å². The fraction of sp³-hybridized carbons (Fsp3) is 0.462. The molecule has 1 unspecified atom stereocenters. The summed E-state index contributed by atoms with van der Waals surface area (Å²) in [7, 11) is 0. The molecule has 0 aromatic heterocycles. The largest absolute Gasteiger partial charge is 0.481 e. The molecule has 106 valence electrons. The van der Waals surface area contributed by atoms with Gasteiger partial charge in [-0.2, -0.15) is 13.2 Å². The molecule has 0 heterocycles. The van der Waals surface area contributed by atoms with Crippen molar-refractivity contribution in [3.63, 3.8) is 0 Å². The second kappa shape index (κ2) is 5.95. The highest BCUT2D eigenvalue weighted by molar-refractivity contribution is 5.69. The highest BCUT2D eigenvalue weighted by atomic mass is 19.4. The molecule has 19 heavy (non-hydrogen) atoms. The molecule has 0 aliphatic heterocycles. The van der Waals surface area contributed by atoms with Crippen molar-refractivity contribution in [2.45, 2.75) is 32.5 Å². The van der Waals surface area contributed by atoms with Crippen LogP contribution in [0.3, 0.4) is 0 Å². The van der Waals surface area contributed by atoms with Crippen LogP contribution in [-0.2, 0) is 11.0 Å². The second-order valence-electron chi connectivity index (χ2n) is 4.25. The minimum atomic E-state index is -4.45. The molecule has 1 aromatic rings. The number of rotatable bonds is 5. The minimum Gasteiger partial charge on any atom is -0.481 e. The quantitative estimate of drug-likeness (QED) is 0.895. The van der Waals surface area contributed by atoms with Gasteiger partial charge in [-0.3, -0.25) is 4.79 Å². The summed E-state index contributed by atoms with van der Waals surface area (Å²) >= 11 is 0. The summed E-state index contributed by atoms with van der Waals surface area (Å²) in [6.45, 7) is 3.61. The van der Waals surface area contributed by atoms with Crippen LogP contribution in [0, 0.1) is 0 Å². The lowest BCUT2D eigenvalue weighted by Gasteiger charge is -2.31. The molecule has 3 nitrogen and oxygen atoms in total. The fourth-order valence-corrected chi connectivity index (χ4v) is 2.05. The molecule has 1 atom stereocenters. The zero-order chi connectivity index (χ0) is 14.6. The molecule has 0 saturated heterocycles. The number of benzene rings is 1. The summed E-state index contributed by atoms with van der Waals surface area (Å²) in [5, 5.41) is 8.76. The zero-order valence-electron chi connectivity index (χ0n) is 10.7. The van der Waals surface area contributed by atoms with Crippen molar-refractivity contribution in [3.8, 4) is 0 Å². The van der Waals surface area contributed by atoms with Crippen LogP contribution in [0.4, 0.5) is 18.9 Å². The number of anilines is 1. The Morgan fingerprint density at radius 1 is 1.37 bits per heavy atom. The van der Waals surface area contributed by atoms with Crippen LogP contribution in [0.25, 0.3) is 0 Å². The SMILES string of the molecule is CCN(c1ccccc1C(F)(F)F)C(C)CC(=O)O. The van der Waals surface area contributed by atoms with Crippen molar-refractivity contribution < 1.29 is 23.1 Å². The molecule has 0 saturated carbocycles. The standard InChI is InChI=1S/C13H16F3NO2/c1-3-17(9(2)8-12(18)19)11-7-5-4-6-10(11)13(14,15)16/h4-7,9H,3,8H2,1-2H3,(H,18,19). The second-order valence-corrected chi connectivity index (χ2v) is 4.25. The Bertz CT molecular complexity index is 446. The lowest BCUT2D eigenvalue weighted by molar-refractivity contribution is -0.137. The Kier molecular flexibility index (Phi) is 4.80. The van der Waals surface area contributed by atoms with E-state index in [2.05, 4.69) is 0 Å². The van der Waals surface area contributed by atoms with E-state index in [9.17, 15) is 18.0 Å². The third-order valence-corrected chi connectivity index (χ3v) is 2.86. The van der Waals surface area contributed by atoms with Crippen LogP contribution in [0.2, 0.25) is 0 Å². The van der Waals surface area contributed by atoms with E-state index in [1.165, 1.54) is 23.1 Å². The Balaban J connectivity index is 3.15. The first-order chi connectivity index (χ1) is 8.77. The van der Waals surface area contributed by atoms with Crippen LogP contribution in [0.5, 0.6) is 0 Å². The molecule has 0 radical (unpaired) electrons. The smallest absolute Gasteiger partial charge is 0.418 e. The Hall–Kier alpha value is -1.72. The lowest BCUT2D eigenvalue weighted by Crippen LogP contribution is -2.36. The van der Waals surface area contributed by atoms with Gasteiger partial charge in [-0.1, -0.05) is 12.1 Å². The third-order valence-electron chi connectivity index (χ3n) is 2.86. The summed E-state index contributed by atoms with van der Waals surface area (Å²) in [5.41, 5.74) is -0.722. The average molecular weight is 275 g/mol. The molecule has 1 N–H and O–H groups in total. The number of carbonyl (C=O) groups is 1. The van der Waals surface area contributed by atoms with E-state index < -0.39 is 23.8 Å². The molecule has 0 bridgehead atoms. The van der Waals surface area contributed by atoms with E-state index in [4.69, 9.17) is 5.11 Å². The highest BCUT2D eigenvalue weighted by Gasteiger charge is 2.35. The van der Waals surface area contributed by atoms with Crippen LogP contribution < -0.4 is 4.90 Å². The monoisotopic (exact) mass is 275 g/mol. The van der Waals surface area contributed by atoms with Crippen LogP contribution >= 0.6 is 0 Å². The molecule has 0 aliphatic carbocycles. The van der Waals surface area contributed by atoms with Gasteiger partial charge in [0.2, 0.25) is 0 Å². The predicted octanol–water partition coefficient (Wildman–Crippen LogP) is 3.39. The van der Waals surface area contributed by atoms with Gasteiger partial charge in [0.15, 0.2) is 0 Å². The van der Waals surface area contributed by atoms with Gasteiger partial charge in [0, 0.05) is 18.3 Å². The molecule has 0 aliphatic rings. The van der Waals surface area contributed by atoms with E-state index in [0.717, 1.165) is 6.07 Å². The number of hydrogen-bond donors (Lipinski definition) is 1. The maximum Gasteiger partial charge on any atom is 0.418 e. The van der Waals surface area contributed by atoms with Crippen molar-refractivity contribution in [2.75, 3.05) is 11.4 Å². The average Bonchev–Trinajstić information content (AvgIpc) is 2.28. The molecule has 1 aromatic carbocycles. The fourth-order valence-electron chi connectivity index (χ4n) is 2.05. The van der Waals surface area contributed by atoms with Gasteiger partial charge in [0.1, 0.15) is 0 Å². The van der Waals surface area contributed by atoms with E-state index in [1.54, 1.807) is 13.8 Å². The summed E-state index contributed by atoms with van der Waals surface area (Å²) in [6, 6.07) is 4.70. The third kappa shape index (κ3) is 3.87. The van der Waals surface area contributed by atoms with Gasteiger partial charge in [0.25, 0.3) is 0 Å². The maximum atomic E-state index is 12.9. The Labute approximate surface area is 109 Å². The molecular formula is C13H16F3NO2. The van der Waals surface area contributed by atoms with E-state index in [1.807, 2.05) is 0 Å². The molecule has 0 amide bonds. The molecule has 0 spiro atoms.